The smallest absolute Gasteiger partial charge is 0.246 e. The maximum absolute atomic E-state index is 12.3. The second kappa shape index (κ2) is 5.08. The molecular formula is C14H20N2O2. The number of aryl methyl sites for hydroxylation is 1. The average Bonchev–Trinajstić information content (AvgIpc) is 2.36. The molecule has 0 spiro atoms. The molecule has 1 aromatic rings. The van der Waals surface area contributed by atoms with Crippen molar-refractivity contribution in [2.24, 2.45) is 0 Å². The third-order valence-corrected chi connectivity index (χ3v) is 3.70. The minimum atomic E-state index is -0.435. The number of nitrogens with zero attached hydrogens (tertiary/aromatic N) is 2. The molecule has 1 aliphatic heterocycles. The molecular weight excluding hydrogens is 228 g/mol. The van der Waals surface area contributed by atoms with Crippen molar-refractivity contribution < 1.29 is 9.90 Å². The molecule has 18 heavy (non-hydrogen) atoms. The highest BCUT2D eigenvalue weighted by Crippen LogP contribution is 2.22. The van der Waals surface area contributed by atoms with Crippen molar-refractivity contribution in [3.05, 3.63) is 29.8 Å². The molecule has 2 rings (SSSR count). The normalized spacial score (nSPS) is 25.6. The van der Waals surface area contributed by atoms with Crippen LogP contribution in [0.5, 0.6) is 0 Å². The van der Waals surface area contributed by atoms with E-state index in [-0.39, 0.29) is 18.6 Å². The molecule has 0 saturated carbocycles. The highest BCUT2D eigenvalue weighted by molar-refractivity contribution is 5.98. The van der Waals surface area contributed by atoms with E-state index in [4.69, 9.17) is 0 Å². The van der Waals surface area contributed by atoms with E-state index in [1.54, 1.807) is 4.90 Å². The molecule has 1 heterocycles. The van der Waals surface area contributed by atoms with E-state index in [0.717, 1.165) is 5.69 Å². The number of rotatable bonds is 2. The predicted molar refractivity (Wildman–Crippen MR) is 71.6 cm³/mol. The molecule has 98 valence electrons. The number of carbonyl (C=O) groups excluding carboxylic acids is 1. The third kappa shape index (κ3) is 2.26. The summed E-state index contributed by atoms with van der Waals surface area (Å²) in [7, 11) is 1.88. The van der Waals surface area contributed by atoms with Gasteiger partial charge in [-0.15, -0.1) is 0 Å². The van der Waals surface area contributed by atoms with E-state index in [9.17, 15) is 9.90 Å². The maximum Gasteiger partial charge on any atom is 0.246 e. The molecule has 1 N–H and O–H groups in total. The summed E-state index contributed by atoms with van der Waals surface area (Å²) in [6.07, 6.45) is 0. The van der Waals surface area contributed by atoms with E-state index in [2.05, 4.69) is 6.92 Å². The van der Waals surface area contributed by atoms with Gasteiger partial charge in [-0.25, -0.2) is 0 Å². The van der Waals surface area contributed by atoms with Gasteiger partial charge < -0.3 is 10.0 Å². The van der Waals surface area contributed by atoms with Crippen molar-refractivity contribution in [2.75, 3.05) is 25.1 Å². The van der Waals surface area contributed by atoms with Gasteiger partial charge in [0.1, 0.15) is 6.04 Å². The standard InChI is InChI=1S/C14H20N2O2/c1-10-4-6-12(7-5-10)16-8-11(2)15(3)13(9-17)14(16)18/h4-7,11,13,17H,8-9H2,1-3H3. The van der Waals surface area contributed by atoms with Crippen LogP contribution in [0.2, 0.25) is 0 Å². The molecule has 0 bridgehead atoms. The van der Waals surface area contributed by atoms with Crippen molar-refractivity contribution in [1.29, 1.82) is 0 Å². The SMILES string of the molecule is Cc1ccc(N2CC(C)N(C)C(CO)C2=O)cc1. The van der Waals surface area contributed by atoms with Gasteiger partial charge in [-0.1, -0.05) is 17.7 Å². The summed E-state index contributed by atoms with van der Waals surface area (Å²) in [6.45, 7) is 4.61. The van der Waals surface area contributed by atoms with Crippen molar-refractivity contribution >= 4 is 11.6 Å². The Balaban J connectivity index is 2.28. The van der Waals surface area contributed by atoms with Crippen LogP contribution in [0.1, 0.15) is 12.5 Å². The van der Waals surface area contributed by atoms with Gasteiger partial charge in [0.05, 0.1) is 6.61 Å². The van der Waals surface area contributed by atoms with Crippen LogP contribution in [-0.2, 0) is 4.79 Å². The third-order valence-electron chi connectivity index (χ3n) is 3.70. The van der Waals surface area contributed by atoms with Gasteiger partial charge in [0, 0.05) is 18.3 Å². The Morgan fingerprint density at radius 1 is 1.33 bits per heavy atom. The van der Waals surface area contributed by atoms with Gasteiger partial charge in [-0.2, -0.15) is 0 Å². The van der Waals surface area contributed by atoms with Crippen LogP contribution < -0.4 is 4.90 Å². The predicted octanol–water partition coefficient (Wildman–Crippen LogP) is 1.02. The summed E-state index contributed by atoms with van der Waals surface area (Å²) in [6, 6.07) is 7.72. The van der Waals surface area contributed by atoms with Crippen molar-refractivity contribution in [2.45, 2.75) is 25.9 Å². The zero-order valence-electron chi connectivity index (χ0n) is 11.1. The second-order valence-electron chi connectivity index (χ2n) is 5.00. The molecule has 2 unspecified atom stereocenters. The Bertz CT molecular complexity index is 430. The molecule has 0 aromatic heterocycles. The molecule has 4 heteroatoms. The molecule has 0 radical (unpaired) electrons. The first kappa shape index (κ1) is 13.1. The van der Waals surface area contributed by atoms with Crippen LogP contribution in [0.15, 0.2) is 24.3 Å². The fourth-order valence-electron chi connectivity index (χ4n) is 2.31. The highest BCUT2D eigenvalue weighted by atomic mass is 16.3. The minimum Gasteiger partial charge on any atom is -0.394 e. The molecule has 1 fully saturated rings. The van der Waals surface area contributed by atoms with Gasteiger partial charge in [0.25, 0.3) is 0 Å². The Morgan fingerprint density at radius 3 is 2.50 bits per heavy atom. The first-order chi connectivity index (χ1) is 8.54. The number of amides is 1. The summed E-state index contributed by atoms with van der Waals surface area (Å²) < 4.78 is 0. The summed E-state index contributed by atoms with van der Waals surface area (Å²) in [5.74, 6) is -0.0260. The van der Waals surface area contributed by atoms with Crippen molar-refractivity contribution in [1.82, 2.24) is 4.90 Å². The topological polar surface area (TPSA) is 43.8 Å². The molecule has 1 saturated heterocycles. The monoisotopic (exact) mass is 248 g/mol. The molecule has 1 aromatic carbocycles. The number of aliphatic hydroxyl groups excluding tert-OH is 1. The number of hydrogen-bond acceptors (Lipinski definition) is 3. The summed E-state index contributed by atoms with van der Waals surface area (Å²) in [5, 5.41) is 9.37. The van der Waals surface area contributed by atoms with Gasteiger partial charge >= 0.3 is 0 Å². The molecule has 4 nitrogen and oxygen atoms in total. The van der Waals surface area contributed by atoms with Crippen molar-refractivity contribution in [3.63, 3.8) is 0 Å². The Morgan fingerprint density at radius 2 is 1.94 bits per heavy atom. The number of aliphatic hydroxyl groups is 1. The fourth-order valence-corrected chi connectivity index (χ4v) is 2.31. The number of anilines is 1. The minimum absolute atomic E-state index is 0.0260. The fraction of sp³-hybridized carbons (Fsp3) is 0.500. The molecule has 0 aliphatic carbocycles. The van der Waals surface area contributed by atoms with E-state index in [1.807, 2.05) is 43.1 Å². The molecule has 2 atom stereocenters. The van der Waals surface area contributed by atoms with Crippen LogP contribution >= 0.6 is 0 Å². The van der Waals surface area contributed by atoms with Gasteiger partial charge in [-0.3, -0.25) is 9.69 Å². The molecule has 1 aliphatic rings. The Kier molecular flexibility index (Phi) is 3.68. The summed E-state index contributed by atoms with van der Waals surface area (Å²) >= 11 is 0. The number of hydrogen-bond donors (Lipinski definition) is 1. The largest absolute Gasteiger partial charge is 0.394 e. The summed E-state index contributed by atoms with van der Waals surface area (Å²) in [5.41, 5.74) is 2.08. The van der Waals surface area contributed by atoms with Crippen LogP contribution in [0, 0.1) is 6.92 Å². The first-order valence-electron chi connectivity index (χ1n) is 6.25. The number of carbonyl (C=O) groups is 1. The van der Waals surface area contributed by atoms with Crippen LogP contribution in [0.4, 0.5) is 5.69 Å². The van der Waals surface area contributed by atoms with Crippen molar-refractivity contribution in [3.8, 4) is 0 Å². The number of benzene rings is 1. The zero-order chi connectivity index (χ0) is 13.3. The number of piperazine rings is 1. The number of likely N-dealkylation sites (N-methyl/N-ethyl adjacent to an activating group) is 1. The van der Waals surface area contributed by atoms with E-state index in [1.165, 1.54) is 5.56 Å². The van der Waals surface area contributed by atoms with E-state index < -0.39 is 6.04 Å². The average molecular weight is 248 g/mol. The maximum atomic E-state index is 12.3. The quantitative estimate of drug-likeness (QED) is 0.850. The lowest BCUT2D eigenvalue weighted by Crippen LogP contribution is -2.61. The van der Waals surface area contributed by atoms with Gasteiger partial charge in [0.2, 0.25) is 5.91 Å². The van der Waals surface area contributed by atoms with Crippen LogP contribution in [0.3, 0.4) is 0 Å². The second-order valence-corrected chi connectivity index (χ2v) is 5.00. The lowest BCUT2D eigenvalue weighted by atomic mass is 10.1. The highest BCUT2D eigenvalue weighted by Gasteiger charge is 2.36. The van der Waals surface area contributed by atoms with Crippen LogP contribution in [0.25, 0.3) is 0 Å². The zero-order valence-corrected chi connectivity index (χ0v) is 11.1. The van der Waals surface area contributed by atoms with Gasteiger partial charge in [-0.05, 0) is 33.0 Å². The molecule has 1 amide bonds. The lowest BCUT2D eigenvalue weighted by molar-refractivity contribution is -0.128. The first-order valence-corrected chi connectivity index (χ1v) is 6.25. The summed E-state index contributed by atoms with van der Waals surface area (Å²) in [4.78, 5) is 16.0. The Hall–Kier alpha value is -1.39. The van der Waals surface area contributed by atoms with E-state index in [0.29, 0.717) is 6.54 Å². The van der Waals surface area contributed by atoms with Crippen LogP contribution in [-0.4, -0.2) is 48.2 Å². The van der Waals surface area contributed by atoms with E-state index >= 15 is 0 Å². The van der Waals surface area contributed by atoms with Gasteiger partial charge in [0.15, 0.2) is 0 Å². The Labute approximate surface area is 108 Å². The lowest BCUT2D eigenvalue weighted by Gasteiger charge is -2.42.